The lowest BCUT2D eigenvalue weighted by Gasteiger charge is -2.13. The number of hydrogen-bond acceptors (Lipinski definition) is 3. The van der Waals surface area contributed by atoms with Gasteiger partial charge in [-0.3, -0.25) is 4.79 Å². The van der Waals surface area contributed by atoms with Crippen molar-refractivity contribution < 1.29 is 4.79 Å². The Hall–Kier alpha value is -1.71. The fourth-order valence-corrected chi connectivity index (χ4v) is 2.35. The predicted octanol–water partition coefficient (Wildman–Crippen LogP) is 1.97. The number of benzene rings is 1. The van der Waals surface area contributed by atoms with Crippen LogP contribution in [0.1, 0.15) is 36.0 Å². The van der Waals surface area contributed by atoms with E-state index in [1.807, 2.05) is 6.07 Å². The summed E-state index contributed by atoms with van der Waals surface area (Å²) in [5, 5.41) is 3.34. The molecule has 17 heavy (non-hydrogen) atoms. The van der Waals surface area contributed by atoms with E-state index in [1.165, 1.54) is 25.7 Å². The number of nitrogens with two attached hydrogens (primary N) is 2. The summed E-state index contributed by atoms with van der Waals surface area (Å²) in [5.41, 5.74) is 13.0. The Bertz CT molecular complexity index is 411. The monoisotopic (exact) mass is 233 g/mol. The van der Waals surface area contributed by atoms with Gasteiger partial charge in [-0.15, -0.1) is 0 Å². The lowest BCUT2D eigenvalue weighted by atomic mass is 10.1. The third-order valence-corrected chi connectivity index (χ3v) is 3.39. The number of carbonyl (C=O) groups is 1. The number of anilines is 2. The SMILES string of the molecule is NC(=O)c1ccc(NCC2CCCC2)c(N)c1. The third-order valence-electron chi connectivity index (χ3n) is 3.39. The molecule has 0 bridgehead atoms. The molecule has 1 fully saturated rings. The van der Waals surface area contributed by atoms with Gasteiger partial charge in [-0.1, -0.05) is 12.8 Å². The van der Waals surface area contributed by atoms with Crippen molar-refractivity contribution in [1.82, 2.24) is 0 Å². The highest BCUT2D eigenvalue weighted by atomic mass is 16.1. The summed E-state index contributed by atoms with van der Waals surface area (Å²) in [5.74, 6) is 0.309. The van der Waals surface area contributed by atoms with Crippen molar-refractivity contribution in [2.24, 2.45) is 11.7 Å². The Labute approximate surface area is 101 Å². The molecule has 92 valence electrons. The normalized spacial score (nSPS) is 16.0. The van der Waals surface area contributed by atoms with Crippen molar-refractivity contribution in [3.8, 4) is 0 Å². The van der Waals surface area contributed by atoms with Crippen LogP contribution in [0, 0.1) is 5.92 Å². The molecule has 2 rings (SSSR count). The highest BCUT2D eigenvalue weighted by molar-refractivity contribution is 5.94. The van der Waals surface area contributed by atoms with Crippen molar-refractivity contribution in [1.29, 1.82) is 0 Å². The van der Waals surface area contributed by atoms with Crippen molar-refractivity contribution in [2.75, 3.05) is 17.6 Å². The molecule has 1 saturated carbocycles. The second-order valence-electron chi connectivity index (χ2n) is 4.70. The van der Waals surface area contributed by atoms with Crippen molar-refractivity contribution in [2.45, 2.75) is 25.7 Å². The van der Waals surface area contributed by atoms with Crippen LogP contribution in [-0.2, 0) is 0 Å². The van der Waals surface area contributed by atoms with Gasteiger partial charge in [-0.2, -0.15) is 0 Å². The van der Waals surface area contributed by atoms with Crippen LogP contribution in [0.2, 0.25) is 0 Å². The number of rotatable bonds is 4. The maximum absolute atomic E-state index is 11.0. The van der Waals surface area contributed by atoms with Crippen LogP contribution >= 0.6 is 0 Å². The zero-order chi connectivity index (χ0) is 12.3. The van der Waals surface area contributed by atoms with Crippen LogP contribution in [0.4, 0.5) is 11.4 Å². The Morgan fingerprint density at radius 2 is 2.06 bits per heavy atom. The molecular weight excluding hydrogens is 214 g/mol. The Kier molecular flexibility index (Phi) is 3.52. The minimum Gasteiger partial charge on any atom is -0.397 e. The molecule has 0 spiro atoms. The third kappa shape index (κ3) is 2.90. The topological polar surface area (TPSA) is 81.1 Å². The first-order valence-corrected chi connectivity index (χ1v) is 6.10. The summed E-state index contributed by atoms with van der Waals surface area (Å²) in [6.45, 7) is 0.958. The molecule has 4 heteroatoms. The van der Waals surface area contributed by atoms with E-state index in [0.29, 0.717) is 11.3 Å². The van der Waals surface area contributed by atoms with Gasteiger partial charge in [0.2, 0.25) is 5.91 Å². The first-order chi connectivity index (χ1) is 8.16. The number of nitrogen functional groups attached to an aromatic ring is 1. The first-order valence-electron chi connectivity index (χ1n) is 6.10. The van der Waals surface area contributed by atoms with E-state index >= 15 is 0 Å². The van der Waals surface area contributed by atoms with Gasteiger partial charge in [-0.25, -0.2) is 0 Å². The molecule has 0 atom stereocenters. The lowest BCUT2D eigenvalue weighted by Crippen LogP contribution is -2.14. The Balaban J connectivity index is 1.98. The van der Waals surface area contributed by atoms with Crippen LogP contribution < -0.4 is 16.8 Å². The van der Waals surface area contributed by atoms with E-state index in [9.17, 15) is 4.79 Å². The number of primary amides is 1. The number of amides is 1. The van der Waals surface area contributed by atoms with Crippen LogP contribution in [0.25, 0.3) is 0 Å². The van der Waals surface area contributed by atoms with Gasteiger partial charge in [0.05, 0.1) is 11.4 Å². The highest BCUT2D eigenvalue weighted by Gasteiger charge is 2.14. The van der Waals surface area contributed by atoms with E-state index in [4.69, 9.17) is 11.5 Å². The molecule has 1 amide bonds. The average molecular weight is 233 g/mol. The Morgan fingerprint density at radius 3 is 2.65 bits per heavy atom. The fourth-order valence-electron chi connectivity index (χ4n) is 2.35. The molecule has 0 aromatic heterocycles. The van der Waals surface area contributed by atoms with Crippen LogP contribution in [0.3, 0.4) is 0 Å². The van der Waals surface area contributed by atoms with Gasteiger partial charge < -0.3 is 16.8 Å². The zero-order valence-electron chi connectivity index (χ0n) is 9.91. The van der Waals surface area contributed by atoms with E-state index in [1.54, 1.807) is 12.1 Å². The summed E-state index contributed by atoms with van der Waals surface area (Å²) in [6.07, 6.45) is 5.27. The van der Waals surface area contributed by atoms with Gasteiger partial charge in [0, 0.05) is 12.1 Å². The smallest absolute Gasteiger partial charge is 0.248 e. The second-order valence-corrected chi connectivity index (χ2v) is 4.70. The number of carbonyl (C=O) groups excluding carboxylic acids is 1. The summed E-state index contributed by atoms with van der Waals surface area (Å²) < 4.78 is 0. The summed E-state index contributed by atoms with van der Waals surface area (Å²) >= 11 is 0. The van der Waals surface area contributed by atoms with Gasteiger partial charge in [0.1, 0.15) is 0 Å². The molecule has 0 unspecified atom stereocenters. The van der Waals surface area contributed by atoms with Gasteiger partial charge in [0.15, 0.2) is 0 Å². The van der Waals surface area contributed by atoms with E-state index in [0.717, 1.165) is 18.2 Å². The summed E-state index contributed by atoms with van der Waals surface area (Å²) in [6, 6.07) is 5.15. The second kappa shape index (κ2) is 5.08. The van der Waals surface area contributed by atoms with Crippen LogP contribution in [-0.4, -0.2) is 12.5 Å². The molecule has 1 aromatic rings. The van der Waals surface area contributed by atoms with E-state index < -0.39 is 5.91 Å². The van der Waals surface area contributed by atoms with Crippen molar-refractivity contribution in [3.05, 3.63) is 23.8 Å². The average Bonchev–Trinajstić information content (AvgIpc) is 2.80. The standard InChI is InChI=1S/C13H19N3O/c14-11-7-10(13(15)17)5-6-12(11)16-8-9-3-1-2-4-9/h5-7,9,16H,1-4,8,14H2,(H2,15,17). The van der Waals surface area contributed by atoms with Gasteiger partial charge in [-0.05, 0) is 37.0 Å². The predicted molar refractivity (Wildman–Crippen MR) is 69.8 cm³/mol. The largest absolute Gasteiger partial charge is 0.397 e. The van der Waals surface area contributed by atoms with E-state index in [2.05, 4.69) is 5.32 Å². The lowest BCUT2D eigenvalue weighted by molar-refractivity contribution is 0.100. The maximum Gasteiger partial charge on any atom is 0.248 e. The summed E-state index contributed by atoms with van der Waals surface area (Å²) in [7, 11) is 0. The minimum atomic E-state index is -0.445. The summed E-state index contributed by atoms with van der Waals surface area (Å²) in [4.78, 5) is 11.0. The molecule has 0 saturated heterocycles. The minimum absolute atomic E-state index is 0.445. The fraction of sp³-hybridized carbons (Fsp3) is 0.462. The number of nitrogens with one attached hydrogen (secondary N) is 1. The van der Waals surface area contributed by atoms with Crippen LogP contribution in [0.15, 0.2) is 18.2 Å². The van der Waals surface area contributed by atoms with Gasteiger partial charge in [0.25, 0.3) is 0 Å². The molecule has 1 aliphatic carbocycles. The van der Waals surface area contributed by atoms with Crippen LogP contribution in [0.5, 0.6) is 0 Å². The van der Waals surface area contributed by atoms with E-state index in [-0.39, 0.29) is 0 Å². The molecule has 4 nitrogen and oxygen atoms in total. The van der Waals surface area contributed by atoms with Crippen molar-refractivity contribution >= 4 is 17.3 Å². The molecule has 0 aliphatic heterocycles. The maximum atomic E-state index is 11.0. The molecule has 1 aromatic carbocycles. The molecule has 5 N–H and O–H groups in total. The first kappa shape index (κ1) is 11.8. The quantitative estimate of drug-likeness (QED) is 0.695. The molecule has 1 aliphatic rings. The highest BCUT2D eigenvalue weighted by Crippen LogP contribution is 2.26. The zero-order valence-corrected chi connectivity index (χ0v) is 9.91. The Morgan fingerprint density at radius 1 is 1.35 bits per heavy atom. The van der Waals surface area contributed by atoms with Gasteiger partial charge >= 0.3 is 0 Å². The van der Waals surface area contributed by atoms with Crippen molar-refractivity contribution in [3.63, 3.8) is 0 Å². The molecular formula is C13H19N3O. The number of hydrogen-bond donors (Lipinski definition) is 3. The molecule has 0 heterocycles. The molecule has 0 radical (unpaired) electrons.